The maximum absolute atomic E-state index is 12.9. The summed E-state index contributed by atoms with van der Waals surface area (Å²) in [5, 5.41) is 22.1. The van der Waals surface area contributed by atoms with Gasteiger partial charge in [-0.1, -0.05) is 44.2 Å². The van der Waals surface area contributed by atoms with Crippen molar-refractivity contribution in [2.45, 2.75) is 32.3 Å². The van der Waals surface area contributed by atoms with Gasteiger partial charge in [-0.15, -0.1) is 0 Å². The molecular weight excluding hydrogens is 434 g/mol. The summed E-state index contributed by atoms with van der Waals surface area (Å²) in [5.41, 5.74) is 2.48. The van der Waals surface area contributed by atoms with Gasteiger partial charge in [-0.2, -0.15) is 0 Å². The highest BCUT2D eigenvalue weighted by molar-refractivity contribution is 5.95. The summed E-state index contributed by atoms with van der Waals surface area (Å²) in [6, 6.07) is 13.4. The van der Waals surface area contributed by atoms with Crippen LogP contribution in [0.15, 0.2) is 42.5 Å². The van der Waals surface area contributed by atoms with Gasteiger partial charge in [0.25, 0.3) is 5.69 Å². The number of piperidine rings is 1. The van der Waals surface area contributed by atoms with Crippen molar-refractivity contribution >= 4 is 23.6 Å². The summed E-state index contributed by atoms with van der Waals surface area (Å²) in [4.78, 5) is 39.6. The van der Waals surface area contributed by atoms with Crippen LogP contribution in [0.2, 0.25) is 0 Å². The average Bonchev–Trinajstić information content (AvgIpc) is 2.81. The Hall–Kier alpha value is -3.52. The third-order valence-electron chi connectivity index (χ3n) is 6.09. The lowest BCUT2D eigenvalue weighted by molar-refractivity contribution is -0.384. The van der Waals surface area contributed by atoms with Crippen LogP contribution in [0.25, 0.3) is 17.2 Å². The lowest BCUT2D eigenvalue weighted by atomic mass is 9.89. The third kappa shape index (κ3) is 5.34. The molecule has 0 aromatic heterocycles. The normalized spacial score (nSPS) is 18.4. The van der Waals surface area contributed by atoms with E-state index < -0.39 is 16.9 Å². The fourth-order valence-electron chi connectivity index (χ4n) is 4.28. The van der Waals surface area contributed by atoms with Gasteiger partial charge in [0.2, 0.25) is 11.8 Å². The van der Waals surface area contributed by atoms with E-state index in [9.17, 15) is 24.8 Å². The molecule has 2 aromatic carbocycles. The second-order valence-electron chi connectivity index (χ2n) is 8.97. The van der Waals surface area contributed by atoms with Gasteiger partial charge >= 0.3 is 0 Å². The van der Waals surface area contributed by atoms with Gasteiger partial charge in [0.15, 0.2) is 0 Å². The number of aliphatic hydroxyl groups is 1. The second kappa shape index (κ2) is 10.6. The van der Waals surface area contributed by atoms with Gasteiger partial charge < -0.3 is 14.9 Å². The molecule has 8 nitrogen and oxygen atoms in total. The van der Waals surface area contributed by atoms with E-state index in [0.717, 1.165) is 11.1 Å². The lowest BCUT2D eigenvalue weighted by Crippen LogP contribution is -2.51. The van der Waals surface area contributed by atoms with Crippen LogP contribution in [-0.4, -0.2) is 64.9 Å². The molecule has 3 rings (SSSR count). The average molecular weight is 465 g/mol. The molecule has 0 spiro atoms. The minimum absolute atomic E-state index is 0.118. The first-order valence-corrected chi connectivity index (χ1v) is 11.3. The molecule has 1 saturated heterocycles. The maximum Gasteiger partial charge on any atom is 0.285 e. The minimum Gasteiger partial charge on any atom is -0.392 e. The van der Waals surface area contributed by atoms with Gasteiger partial charge in [-0.05, 0) is 41.2 Å². The predicted octanol–water partition coefficient (Wildman–Crippen LogP) is 3.50. The third-order valence-corrected chi connectivity index (χ3v) is 6.09. The molecule has 2 atom stereocenters. The van der Waals surface area contributed by atoms with Crippen molar-refractivity contribution in [2.24, 2.45) is 5.92 Å². The molecule has 0 bridgehead atoms. The SMILES string of the molecule is CC(C)c1ccccc1-c1c([N+](=O)[O-])[c]ccc1/C=C/C(=O)N1CCC(O)C(C(=O)N(C)C)C1. The van der Waals surface area contributed by atoms with Gasteiger partial charge in [0.05, 0.1) is 28.6 Å². The number of likely N-dealkylation sites (tertiary alicyclic amines) is 1. The summed E-state index contributed by atoms with van der Waals surface area (Å²) in [6.07, 6.45) is 2.45. The fraction of sp³-hybridized carbons (Fsp3) is 0.385. The number of aliphatic hydroxyl groups excluding tert-OH is 1. The van der Waals surface area contributed by atoms with Crippen LogP contribution < -0.4 is 0 Å². The minimum atomic E-state index is -0.797. The zero-order chi connectivity index (χ0) is 25.0. The highest BCUT2D eigenvalue weighted by Gasteiger charge is 2.35. The first kappa shape index (κ1) is 25.1. The Morgan fingerprint density at radius 3 is 2.62 bits per heavy atom. The van der Waals surface area contributed by atoms with Crippen LogP contribution in [0.5, 0.6) is 0 Å². The number of nitro groups is 1. The molecule has 2 amide bonds. The van der Waals surface area contributed by atoms with E-state index in [4.69, 9.17) is 0 Å². The smallest absolute Gasteiger partial charge is 0.285 e. The van der Waals surface area contributed by atoms with Gasteiger partial charge in [-0.25, -0.2) is 0 Å². The summed E-state index contributed by atoms with van der Waals surface area (Å²) >= 11 is 0. The molecule has 1 fully saturated rings. The topological polar surface area (TPSA) is 104 Å². The van der Waals surface area contributed by atoms with Crippen LogP contribution in [-0.2, 0) is 9.59 Å². The molecule has 179 valence electrons. The van der Waals surface area contributed by atoms with Crippen molar-refractivity contribution in [3.8, 4) is 11.1 Å². The van der Waals surface area contributed by atoms with Crippen molar-refractivity contribution in [3.05, 3.63) is 69.8 Å². The molecule has 2 aromatic rings. The number of amides is 2. The second-order valence-corrected chi connectivity index (χ2v) is 8.97. The summed E-state index contributed by atoms with van der Waals surface area (Å²) in [6.45, 7) is 4.49. The summed E-state index contributed by atoms with van der Waals surface area (Å²) in [5.74, 6) is -1.08. The highest BCUT2D eigenvalue weighted by atomic mass is 16.6. The number of benzene rings is 2. The van der Waals surface area contributed by atoms with Crippen LogP contribution >= 0.6 is 0 Å². The Balaban J connectivity index is 1.95. The molecule has 1 aliphatic rings. The molecule has 34 heavy (non-hydrogen) atoms. The van der Waals surface area contributed by atoms with Crippen molar-refractivity contribution in [1.82, 2.24) is 9.80 Å². The Morgan fingerprint density at radius 1 is 1.26 bits per heavy atom. The standard InChI is InChI=1S/C26H30N3O5/c1-17(2)19-9-5-6-10-20(19)25-18(8-7-11-22(25)29(33)34)12-13-24(31)28-15-14-23(30)21(16-28)26(32)27(3)4/h5-10,12-13,17,21,23,30H,14-16H2,1-4H3/b13-12+. The van der Waals surface area contributed by atoms with E-state index in [1.165, 1.54) is 21.9 Å². The van der Waals surface area contributed by atoms with E-state index in [0.29, 0.717) is 24.1 Å². The van der Waals surface area contributed by atoms with Crippen LogP contribution in [0, 0.1) is 22.1 Å². The quantitative estimate of drug-likeness (QED) is 0.400. The Kier molecular flexibility index (Phi) is 7.83. The van der Waals surface area contributed by atoms with Gasteiger partial charge in [0, 0.05) is 33.3 Å². The number of rotatable bonds is 6. The van der Waals surface area contributed by atoms with Gasteiger partial charge in [-0.3, -0.25) is 19.7 Å². The molecule has 1 aliphatic heterocycles. The summed E-state index contributed by atoms with van der Waals surface area (Å²) < 4.78 is 0. The number of carbonyl (C=O) groups excluding carboxylic acids is 2. The fourth-order valence-corrected chi connectivity index (χ4v) is 4.28. The maximum atomic E-state index is 12.9. The number of hydrogen-bond acceptors (Lipinski definition) is 5. The molecule has 0 saturated carbocycles. The molecule has 1 radical (unpaired) electrons. The lowest BCUT2D eigenvalue weighted by Gasteiger charge is -2.36. The molecule has 1 N–H and O–H groups in total. The van der Waals surface area contributed by atoms with Crippen LogP contribution in [0.1, 0.15) is 37.3 Å². The van der Waals surface area contributed by atoms with Crippen LogP contribution in [0.4, 0.5) is 5.69 Å². The zero-order valence-corrected chi connectivity index (χ0v) is 19.9. The largest absolute Gasteiger partial charge is 0.392 e. The first-order valence-electron chi connectivity index (χ1n) is 11.3. The van der Waals surface area contributed by atoms with Crippen molar-refractivity contribution in [1.29, 1.82) is 0 Å². The van der Waals surface area contributed by atoms with E-state index >= 15 is 0 Å². The van der Waals surface area contributed by atoms with E-state index in [1.54, 1.807) is 26.2 Å². The van der Waals surface area contributed by atoms with Gasteiger partial charge in [0.1, 0.15) is 0 Å². The van der Waals surface area contributed by atoms with Crippen LogP contribution in [0.3, 0.4) is 0 Å². The first-order chi connectivity index (χ1) is 16.1. The van der Waals surface area contributed by atoms with Crippen molar-refractivity contribution in [2.75, 3.05) is 27.2 Å². The Morgan fingerprint density at radius 2 is 1.97 bits per heavy atom. The molecular formula is C26H30N3O5. The Labute approximate surface area is 199 Å². The predicted molar refractivity (Wildman–Crippen MR) is 130 cm³/mol. The Bertz CT molecular complexity index is 1110. The monoisotopic (exact) mass is 464 g/mol. The number of hydrogen-bond donors (Lipinski definition) is 1. The molecule has 0 aliphatic carbocycles. The molecule has 1 heterocycles. The molecule has 8 heteroatoms. The number of carbonyl (C=O) groups is 2. The van der Waals surface area contributed by atoms with E-state index in [-0.39, 0.29) is 30.0 Å². The molecule has 2 unspecified atom stereocenters. The summed E-state index contributed by atoms with van der Waals surface area (Å²) in [7, 11) is 3.23. The number of nitro benzene ring substituents is 1. The van der Waals surface area contributed by atoms with E-state index in [1.807, 2.05) is 38.1 Å². The van der Waals surface area contributed by atoms with E-state index in [2.05, 4.69) is 6.07 Å². The number of nitrogens with zero attached hydrogens (tertiary/aromatic N) is 3. The van der Waals surface area contributed by atoms with Crippen molar-refractivity contribution in [3.63, 3.8) is 0 Å². The van der Waals surface area contributed by atoms with Crippen molar-refractivity contribution < 1.29 is 19.6 Å². The highest BCUT2D eigenvalue weighted by Crippen LogP contribution is 2.38. The zero-order valence-electron chi connectivity index (χ0n) is 19.9.